The van der Waals surface area contributed by atoms with Crippen LogP contribution in [-0.4, -0.2) is 57.1 Å². The lowest BCUT2D eigenvalue weighted by Gasteiger charge is -2.32. The molecule has 5 atom stereocenters. The highest BCUT2D eigenvalue weighted by atomic mass is 32.2. The third kappa shape index (κ3) is 3.31. The minimum atomic E-state index is -3.65. The molecule has 1 saturated carbocycles. The SMILES string of the molecule is C=CC(=O)OC(C)C(=O)OC1C(OC)CC2CC1OS2(=O)=O. The monoisotopic (exact) mass is 334 g/mol. The van der Waals surface area contributed by atoms with Gasteiger partial charge in [-0.2, -0.15) is 8.42 Å². The van der Waals surface area contributed by atoms with Gasteiger partial charge in [0.25, 0.3) is 10.1 Å². The maximum absolute atomic E-state index is 12.0. The molecule has 124 valence electrons. The Morgan fingerprint density at radius 2 is 2.05 bits per heavy atom. The molecule has 0 amide bonds. The molecule has 2 bridgehead atoms. The fourth-order valence-electron chi connectivity index (χ4n) is 2.59. The summed E-state index contributed by atoms with van der Waals surface area (Å²) in [4.78, 5) is 23.0. The van der Waals surface area contributed by atoms with Crippen molar-refractivity contribution in [2.24, 2.45) is 0 Å². The lowest BCUT2D eigenvalue weighted by molar-refractivity contribution is -0.180. The van der Waals surface area contributed by atoms with Gasteiger partial charge in [0.2, 0.25) is 0 Å². The molecule has 1 heterocycles. The van der Waals surface area contributed by atoms with Crippen LogP contribution >= 0.6 is 0 Å². The number of methoxy groups -OCH3 is 1. The third-order valence-corrected chi connectivity index (χ3v) is 5.45. The van der Waals surface area contributed by atoms with Gasteiger partial charge in [-0.25, -0.2) is 9.59 Å². The highest BCUT2D eigenvalue weighted by molar-refractivity contribution is 7.87. The number of esters is 2. The molecule has 0 spiro atoms. The highest BCUT2D eigenvalue weighted by Crippen LogP contribution is 2.38. The van der Waals surface area contributed by atoms with Crippen LogP contribution in [0.5, 0.6) is 0 Å². The minimum Gasteiger partial charge on any atom is -0.454 e. The van der Waals surface area contributed by atoms with E-state index in [9.17, 15) is 18.0 Å². The fourth-order valence-corrected chi connectivity index (χ4v) is 4.13. The topological polar surface area (TPSA) is 105 Å². The molecule has 1 aliphatic carbocycles. The molecule has 5 unspecified atom stereocenters. The van der Waals surface area contributed by atoms with E-state index in [0.29, 0.717) is 0 Å². The Morgan fingerprint density at radius 1 is 1.36 bits per heavy atom. The van der Waals surface area contributed by atoms with Crippen LogP contribution in [0.15, 0.2) is 12.7 Å². The summed E-state index contributed by atoms with van der Waals surface area (Å²) in [5.41, 5.74) is 0. The second-order valence-corrected chi connectivity index (χ2v) is 7.02. The van der Waals surface area contributed by atoms with Gasteiger partial charge in [-0.05, 0) is 19.8 Å². The molecule has 1 saturated heterocycles. The van der Waals surface area contributed by atoms with Crippen LogP contribution in [0.4, 0.5) is 0 Å². The van der Waals surface area contributed by atoms with Gasteiger partial charge < -0.3 is 14.2 Å². The first-order valence-corrected chi connectivity index (χ1v) is 8.24. The number of rotatable bonds is 5. The summed E-state index contributed by atoms with van der Waals surface area (Å²) in [6, 6.07) is 0. The molecule has 22 heavy (non-hydrogen) atoms. The van der Waals surface area contributed by atoms with Crippen molar-refractivity contribution >= 4 is 22.1 Å². The van der Waals surface area contributed by atoms with Crippen molar-refractivity contribution in [3.05, 3.63) is 12.7 Å². The zero-order valence-corrected chi connectivity index (χ0v) is 13.1. The van der Waals surface area contributed by atoms with E-state index >= 15 is 0 Å². The molecule has 0 aromatic rings. The number of hydrogen-bond acceptors (Lipinski definition) is 8. The number of hydrogen-bond donors (Lipinski definition) is 0. The molecule has 0 aromatic heterocycles. The van der Waals surface area contributed by atoms with Gasteiger partial charge in [0.15, 0.2) is 12.2 Å². The predicted molar refractivity (Wildman–Crippen MR) is 73.2 cm³/mol. The normalized spacial score (nSPS) is 33.7. The summed E-state index contributed by atoms with van der Waals surface area (Å²) in [5, 5.41) is -0.645. The van der Waals surface area contributed by atoms with Crippen LogP contribution in [0.3, 0.4) is 0 Å². The maximum Gasteiger partial charge on any atom is 0.347 e. The molecule has 8 nitrogen and oxygen atoms in total. The second kappa shape index (κ2) is 6.35. The summed E-state index contributed by atoms with van der Waals surface area (Å²) in [6.45, 7) is 4.58. The molecular weight excluding hydrogens is 316 g/mol. The Morgan fingerprint density at radius 3 is 2.64 bits per heavy atom. The van der Waals surface area contributed by atoms with E-state index < -0.39 is 51.7 Å². The molecule has 0 radical (unpaired) electrons. The van der Waals surface area contributed by atoms with Crippen LogP contribution in [0.2, 0.25) is 0 Å². The van der Waals surface area contributed by atoms with Crippen molar-refractivity contribution in [1.29, 1.82) is 0 Å². The molecule has 9 heteroatoms. The number of fused-ring (bicyclic) bond motifs is 2. The number of carbonyl (C=O) groups is 2. The maximum atomic E-state index is 12.0. The predicted octanol–water partition coefficient (Wildman–Crippen LogP) is -0.0781. The molecule has 0 N–H and O–H groups in total. The largest absolute Gasteiger partial charge is 0.454 e. The highest BCUT2D eigenvalue weighted by Gasteiger charge is 2.53. The van der Waals surface area contributed by atoms with Gasteiger partial charge in [-0.1, -0.05) is 6.58 Å². The van der Waals surface area contributed by atoms with Crippen LogP contribution < -0.4 is 0 Å². The van der Waals surface area contributed by atoms with Crippen molar-refractivity contribution in [3.8, 4) is 0 Å². The van der Waals surface area contributed by atoms with Gasteiger partial charge in [-0.15, -0.1) is 0 Å². The number of ether oxygens (including phenoxy) is 3. The number of carbonyl (C=O) groups excluding carboxylic acids is 2. The first-order valence-electron chi connectivity index (χ1n) is 6.77. The van der Waals surface area contributed by atoms with Crippen molar-refractivity contribution in [2.45, 2.75) is 49.4 Å². The summed E-state index contributed by atoms with van der Waals surface area (Å²) in [6.07, 6.45) is -2.00. The Labute approximate surface area is 128 Å². The summed E-state index contributed by atoms with van der Waals surface area (Å²) in [5.74, 6) is -1.55. The van der Waals surface area contributed by atoms with Crippen LogP contribution in [0.1, 0.15) is 19.8 Å². The summed E-state index contributed by atoms with van der Waals surface area (Å²) in [7, 11) is -2.24. The lowest BCUT2D eigenvalue weighted by atomic mass is 9.91. The Kier molecular flexibility index (Phi) is 4.88. The Hall–Kier alpha value is -1.45. The van der Waals surface area contributed by atoms with Crippen LogP contribution in [-0.2, 0) is 38.1 Å². The van der Waals surface area contributed by atoms with Crippen molar-refractivity contribution < 1.29 is 36.4 Å². The smallest absolute Gasteiger partial charge is 0.347 e. The van der Waals surface area contributed by atoms with E-state index in [1.165, 1.54) is 14.0 Å². The first kappa shape index (κ1) is 16.9. The molecule has 2 rings (SSSR count). The lowest BCUT2D eigenvalue weighted by Crippen LogP contribution is -2.47. The zero-order chi connectivity index (χ0) is 16.5. The third-order valence-electron chi connectivity index (χ3n) is 3.74. The van der Waals surface area contributed by atoms with E-state index in [1.807, 2.05) is 0 Å². The summed E-state index contributed by atoms with van der Waals surface area (Å²) >= 11 is 0. The van der Waals surface area contributed by atoms with Crippen molar-refractivity contribution in [1.82, 2.24) is 0 Å². The molecule has 2 fully saturated rings. The van der Waals surface area contributed by atoms with Crippen molar-refractivity contribution in [2.75, 3.05) is 7.11 Å². The Balaban J connectivity index is 2.05. The van der Waals surface area contributed by atoms with Gasteiger partial charge in [0, 0.05) is 13.2 Å². The zero-order valence-electron chi connectivity index (χ0n) is 12.3. The van der Waals surface area contributed by atoms with Gasteiger partial charge >= 0.3 is 11.9 Å². The van der Waals surface area contributed by atoms with Gasteiger partial charge in [0.1, 0.15) is 6.10 Å². The van der Waals surface area contributed by atoms with Crippen molar-refractivity contribution in [3.63, 3.8) is 0 Å². The van der Waals surface area contributed by atoms with E-state index in [1.54, 1.807) is 0 Å². The summed E-state index contributed by atoms with van der Waals surface area (Å²) < 4.78 is 43.7. The minimum absolute atomic E-state index is 0.189. The van der Waals surface area contributed by atoms with Gasteiger partial charge in [-0.3, -0.25) is 4.18 Å². The molecular formula is C13H18O8S. The average molecular weight is 334 g/mol. The van der Waals surface area contributed by atoms with E-state index in [0.717, 1.165) is 6.08 Å². The quantitative estimate of drug-likeness (QED) is 0.390. The van der Waals surface area contributed by atoms with E-state index in [2.05, 4.69) is 6.58 Å². The van der Waals surface area contributed by atoms with Crippen LogP contribution in [0, 0.1) is 0 Å². The molecule has 0 aromatic carbocycles. The Bertz CT molecular complexity index is 569. The molecule has 2 aliphatic rings. The van der Waals surface area contributed by atoms with E-state index in [-0.39, 0.29) is 12.8 Å². The second-order valence-electron chi connectivity index (χ2n) is 5.18. The standard InChI is InChI=1S/C13H18O8S/c1-4-11(14)19-7(2)13(15)20-12-9(18-3)5-8-6-10(12)21-22(8,16)17/h4,7-10,12H,1,5-6H2,2-3H3. The fraction of sp³-hybridized carbons (Fsp3) is 0.692. The average Bonchev–Trinajstić information content (AvgIpc) is 2.71. The molecule has 1 aliphatic heterocycles. The van der Waals surface area contributed by atoms with Gasteiger partial charge in [0.05, 0.1) is 11.4 Å². The van der Waals surface area contributed by atoms with Crippen LogP contribution in [0.25, 0.3) is 0 Å². The van der Waals surface area contributed by atoms with E-state index in [4.69, 9.17) is 18.4 Å². The first-order chi connectivity index (χ1) is 10.3.